The molecule has 5 nitrogen and oxygen atoms in total. The van der Waals surface area contributed by atoms with E-state index < -0.39 is 0 Å². The Hall–Kier alpha value is -2.31. The molecular formula is C18H19ClN2O3S. The van der Waals surface area contributed by atoms with Crippen LogP contribution in [-0.4, -0.2) is 31.8 Å². The summed E-state index contributed by atoms with van der Waals surface area (Å²) in [7, 11) is 3.19. The number of ether oxygens (including phenoxy) is 2. The van der Waals surface area contributed by atoms with Crippen LogP contribution >= 0.6 is 23.8 Å². The summed E-state index contributed by atoms with van der Waals surface area (Å²) in [6.45, 7) is 0.567. The van der Waals surface area contributed by atoms with Crippen molar-refractivity contribution in [2.24, 2.45) is 0 Å². The Morgan fingerprint density at radius 2 is 1.84 bits per heavy atom. The first-order valence-corrected chi connectivity index (χ1v) is 8.38. The molecule has 2 aromatic carbocycles. The Bertz CT molecular complexity index is 768. The fourth-order valence-electron chi connectivity index (χ4n) is 2.22. The molecule has 0 fully saturated rings. The quantitative estimate of drug-likeness (QED) is 0.756. The second-order valence-electron chi connectivity index (χ2n) is 5.13. The van der Waals surface area contributed by atoms with E-state index in [1.807, 2.05) is 18.2 Å². The molecule has 1 amide bonds. The van der Waals surface area contributed by atoms with Crippen LogP contribution in [0.4, 0.5) is 0 Å². The molecular weight excluding hydrogens is 360 g/mol. The third-order valence-corrected chi connectivity index (χ3v) is 4.07. The van der Waals surface area contributed by atoms with Crippen molar-refractivity contribution in [2.45, 2.75) is 6.42 Å². The van der Waals surface area contributed by atoms with Crippen LogP contribution in [0, 0.1) is 0 Å². The van der Waals surface area contributed by atoms with Crippen LogP contribution in [-0.2, 0) is 6.42 Å². The van der Waals surface area contributed by atoms with E-state index >= 15 is 0 Å². The molecule has 0 aromatic heterocycles. The Morgan fingerprint density at radius 1 is 1.12 bits per heavy atom. The van der Waals surface area contributed by atoms with Crippen LogP contribution in [0.25, 0.3) is 0 Å². The van der Waals surface area contributed by atoms with Gasteiger partial charge in [-0.1, -0.05) is 29.8 Å². The van der Waals surface area contributed by atoms with Crippen LogP contribution in [0.2, 0.25) is 5.02 Å². The minimum Gasteiger partial charge on any atom is -0.493 e. The van der Waals surface area contributed by atoms with Gasteiger partial charge in [-0.3, -0.25) is 10.1 Å². The highest BCUT2D eigenvalue weighted by Gasteiger charge is 2.11. The van der Waals surface area contributed by atoms with Gasteiger partial charge in [-0.15, -0.1) is 0 Å². The highest BCUT2D eigenvalue weighted by Crippen LogP contribution is 2.27. The number of nitrogens with one attached hydrogen (secondary N) is 2. The molecule has 2 N–H and O–H groups in total. The fourth-order valence-corrected chi connectivity index (χ4v) is 2.63. The summed E-state index contributed by atoms with van der Waals surface area (Å²) in [5.74, 6) is 1.02. The summed E-state index contributed by atoms with van der Waals surface area (Å²) < 4.78 is 10.5. The van der Waals surface area contributed by atoms with Crippen molar-refractivity contribution < 1.29 is 14.3 Å². The number of amides is 1. The third-order valence-electron chi connectivity index (χ3n) is 3.49. The Balaban J connectivity index is 1.84. The summed E-state index contributed by atoms with van der Waals surface area (Å²) in [6, 6.07) is 12.5. The van der Waals surface area contributed by atoms with Gasteiger partial charge in [-0.05, 0) is 48.5 Å². The lowest BCUT2D eigenvalue weighted by molar-refractivity contribution is 0.0977. The molecule has 0 unspecified atom stereocenters. The molecule has 0 aliphatic carbocycles. The predicted molar refractivity (Wildman–Crippen MR) is 103 cm³/mol. The van der Waals surface area contributed by atoms with Crippen molar-refractivity contribution in [3.63, 3.8) is 0 Å². The molecule has 0 spiro atoms. The number of carbonyl (C=O) groups is 1. The number of methoxy groups -OCH3 is 2. The molecule has 0 aliphatic rings. The first-order chi connectivity index (χ1) is 12.0. The van der Waals surface area contributed by atoms with Gasteiger partial charge in [0.25, 0.3) is 5.91 Å². The molecule has 2 rings (SSSR count). The molecule has 0 saturated carbocycles. The first-order valence-electron chi connectivity index (χ1n) is 7.59. The van der Waals surface area contributed by atoms with Crippen LogP contribution in [0.3, 0.4) is 0 Å². The summed E-state index contributed by atoms with van der Waals surface area (Å²) in [5, 5.41) is 6.26. The molecule has 0 atom stereocenters. The normalized spacial score (nSPS) is 10.0. The van der Waals surface area contributed by atoms with Gasteiger partial charge in [-0.2, -0.15) is 0 Å². The minimum absolute atomic E-state index is 0.255. The Morgan fingerprint density at radius 3 is 2.52 bits per heavy atom. The average molecular weight is 379 g/mol. The Kier molecular flexibility index (Phi) is 7.03. The number of hydrogen-bond acceptors (Lipinski definition) is 4. The molecule has 0 saturated heterocycles. The van der Waals surface area contributed by atoms with Gasteiger partial charge in [0.2, 0.25) is 0 Å². The van der Waals surface area contributed by atoms with Crippen LogP contribution < -0.4 is 20.1 Å². The van der Waals surface area contributed by atoms with E-state index in [0.29, 0.717) is 35.1 Å². The van der Waals surface area contributed by atoms with E-state index in [9.17, 15) is 4.79 Å². The number of benzene rings is 2. The Labute approximate surface area is 157 Å². The zero-order valence-corrected chi connectivity index (χ0v) is 15.5. The maximum Gasteiger partial charge on any atom is 0.258 e. The van der Waals surface area contributed by atoms with Gasteiger partial charge in [0.1, 0.15) is 0 Å². The molecule has 0 bridgehead atoms. The maximum absolute atomic E-state index is 12.1. The maximum atomic E-state index is 12.1. The predicted octanol–water partition coefficient (Wildman–Crippen LogP) is 3.20. The van der Waals surface area contributed by atoms with Crippen molar-refractivity contribution in [3.05, 3.63) is 58.6 Å². The van der Waals surface area contributed by atoms with Gasteiger partial charge >= 0.3 is 0 Å². The van der Waals surface area contributed by atoms with Crippen molar-refractivity contribution in [2.75, 3.05) is 20.8 Å². The topological polar surface area (TPSA) is 59.6 Å². The molecule has 0 radical (unpaired) electrons. The molecule has 0 heterocycles. The molecule has 25 heavy (non-hydrogen) atoms. The van der Waals surface area contributed by atoms with Gasteiger partial charge < -0.3 is 14.8 Å². The highest BCUT2D eigenvalue weighted by atomic mass is 35.5. The van der Waals surface area contributed by atoms with Gasteiger partial charge in [-0.25, -0.2) is 0 Å². The van der Waals surface area contributed by atoms with Crippen LogP contribution in [0.5, 0.6) is 11.5 Å². The highest BCUT2D eigenvalue weighted by molar-refractivity contribution is 7.80. The number of rotatable bonds is 6. The summed E-state index contributed by atoms with van der Waals surface area (Å²) in [5.41, 5.74) is 1.44. The van der Waals surface area contributed by atoms with E-state index in [2.05, 4.69) is 10.6 Å². The van der Waals surface area contributed by atoms with Crippen molar-refractivity contribution in [3.8, 4) is 11.5 Å². The van der Waals surface area contributed by atoms with Crippen LogP contribution in [0.1, 0.15) is 15.9 Å². The second kappa shape index (κ2) is 9.25. The number of hydrogen-bond donors (Lipinski definition) is 2. The molecule has 7 heteroatoms. The number of thiocarbonyl (C=S) groups is 1. The van der Waals surface area contributed by atoms with E-state index in [1.165, 1.54) is 0 Å². The zero-order chi connectivity index (χ0) is 18.2. The lowest BCUT2D eigenvalue weighted by Crippen LogP contribution is -2.40. The SMILES string of the molecule is COc1ccc(CCNC(=S)NC(=O)c2ccccc2Cl)cc1OC. The summed E-state index contributed by atoms with van der Waals surface area (Å²) in [6.07, 6.45) is 0.711. The van der Waals surface area contributed by atoms with Gasteiger partial charge in [0, 0.05) is 6.54 Å². The second-order valence-corrected chi connectivity index (χ2v) is 5.94. The summed E-state index contributed by atoms with van der Waals surface area (Å²) >= 11 is 11.1. The first kappa shape index (κ1) is 19.0. The minimum atomic E-state index is -0.339. The van der Waals surface area contributed by atoms with Crippen molar-refractivity contribution in [1.82, 2.24) is 10.6 Å². The molecule has 2 aromatic rings. The monoisotopic (exact) mass is 378 g/mol. The standard InChI is InChI=1S/C18H19ClN2O3S/c1-23-15-8-7-12(11-16(15)24-2)9-10-20-18(25)21-17(22)13-5-3-4-6-14(13)19/h3-8,11H,9-10H2,1-2H3,(H2,20,21,22,25). The lowest BCUT2D eigenvalue weighted by atomic mass is 10.1. The third kappa shape index (κ3) is 5.34. The number of carbonyl (C=O) groups excluding carboxylic acids is 1. The number of halogens is 1. The largest absolute Gasteiger partial charge is 0.493 e. The fraction of sp³-hybridized carbons (Fsp3) is 0.222. The molecule has 0 aliphatic heterocycles. The van der Waals surface area contributed by atoms with Gasteiger partial charge in [0.15, 0.2) is 16.6 Å². The van der Waals surface area contributed by atoms with Crippen molar-refractivity contribution in [1.29, 1.82) is 0 Å². The zero-order valence-electron chi connectivity index (χ0n) is 14.0. The van der Waals surface area contributed by atoms with E-state index in [4.69, 9.17) is 33.3 Å². The average Bonchev–Trinajstić information content (AvgIpc) is 2.61. The lowest BCUT2D eigenvalue weighted by Gasteiger charge is -2.12. The van der Waals surface area contributed by atoms with Crippen LogP contribution in [0.15, 0.2) is 42.5 Å². The van der Waals surface area contributed by atoms with Gasteiger partial charge in [0.05, 0.1) is 24.8 Å². The molecule has 132 valence electrons. The smallest absolute Gasteiger partial charge is 0.258 e. The van der Waals surface area contributed by atoms with E-state index in [0.717, 1.165) is 5.56 Å². The van der Waals surface area contributed by atoms with E-state index in [1.54, 1.807) is 38.5 Å². The van der Waals surface area contributed by atoms with Crippen molar-refractivity contribution >= 4 is 34.8 Å². The van der Waals surface area contributed by atoms with E-state index in [-0.39, 0.29) is 11.0 Å². The summed E-state index contributed by atoms with van der Waals surface area (Å²) in [4.78, 5) is 12.1.